The Bertz CT molecular complexity index is 633. The zero-order chi connectivity index (χ0) is 13.3. The molecule has 0 aliphatic rings. The predicted octanol–water partition coefficient (Wildman–Crippen LogP) is 3.30. The third-order valence-electron chi connectivity index (χ3n) is 2.43. The fourth-order valence-corrected chi connectivity index (χ4v) is 1.92. The topological polar surface area (TPSA) is 33.6 Å². The molecule has 1 aromatic heterocycles. The molecule has 0 unspecified atom stereocenters. The van der Waals surface area contributed by atoms with E-state index in [2.05, 4.69) is 10.2 Å². The van der Waals surface area contributed by atoms with Gasteiger partial charge >= 0.3 is 0 Å². The van der Waals surface area contributed by atoms with Gasteiger partial charge in [-0.15, -0.1) is 0 Å². The average molecular weight is 273 g/mol. The van der Waals surface area contributed by atoms with Crippen LogP contribution in [0.15, 0.2) is 12.1 Å². The summed E-state index contributed by atoms with van der Waals surface area (Å²) in [5.74, 6) is -2.83. The molecule has 1 aromatic carbocycles. The second-order valence-corrected chi connectivity index (χ2v) is 4.14. The van der Waals surface area contributed by atoms with Gasteiger partial charge in [0, 0.05) is 18.6 Å². The zero-order valence-electron chi connectivity index (χ0n) is 9.51. The molecule has 0 spiro atoms. The molecule has 18 heavy (non-hydrogen) atoms. The number of H-pyrrole nitrogens is 1. The highest BCUT2D eigenvalue weighted by Gasteiger charge is 2.16. The number of aromatic amines is 1. The van der Waals surface area contributed by atoms with Gasteiger partial charge in [0.05, 0.1) is 5.69 Å². The minimum absolute atomic E-state index is 0.0994. The van der Waals surface area contributed by atoms with Crippen LogP contribution in [0.5, 0.6) is 0 Å². The molecule has 0 bridgehead atoms. The van der Waals surface area contributed by atoms with Gasteiger partial charge in [0.25, 0.3) is 0 Å². The highest BCUT2D eigenvalue weighted by Crippen LogP contribution is 2.20. The van der Waals surface area contributed by atoms with E-state index in [1.807, 2.05) is 6.92 Å². The summed E-state index contributed by atoms with van der Waals surface area (Å²) in [6, 6.07) is 1.38. The van der Waals surface area contributed by atoms with Crippen molar-refractivity contribution >= 4 is 12.2 Å². The summed E-state index contributed by atoms with van der Waals surface area (Å²) in [4.78, 5) is 0. The van der Waals surface area contributed by atoms with Gasteiger partial charge < -0.3 is 0 Å². The molecule has 0 fully saturated rings. The standard InChI is InChI=1S/C11H10F3N3S/c1-2-3-9-15-16-11(18)17(9)8-5-6(12)4-7(13)10(8)14/h4-5H,2-3H2,1H3,(H,16,18). The average Bonchev–Trinajstić information content (AvgIpc) is 2.66. The summed E-state index contributed by atoms with van der Waals surface area (Å²) in [5.41, 5.74) is -0.269. The van der Waals surface area contributed by atoms with Crippen LogP contribution >= 0.6 is 12.2 Å². The van der Waals surface area contributed by atoms with Gasteiger partial charge in [-0.1, -0.05) is 6.92 Å². The van der Waals surface area contributed by atoms with Crippen molar-refractivity contribution in [1.29, 1.82) is 0 Å². The molecule has 2 aromatic rings. The Morgan fingerprint density at radius 2 is 2.06 bits per heavy atom. The van der Waals surface area contributed by atoms with Crippen molar-refractivity contribution in [2.75, 3.05) is 0 Å². The largest absolute Gasteiger partial charge is 0.269 e. The second-order valence-electron chi connectivity index (χ2n) is 3.75. The summed E-state index contributed by atoms with van der Waals surface area (Å²) in [7, 11) is 0. The van der Waals surface area contributed by atoms with E-state index in [-0.39, 0.29) is 10.5 Å². The van der Waals surface area contributed by atoms with Crippen LogP contribution in [0.3, 0.4) is 0 Å². The summed E-state index contributed by atoms with van der Waals surface area (Å²) < 4.78 is 41.4. The predicted molar refractivity (Wildman–Crippen MR) is 62.6 cm³/mol. The lowest BCUT2D eigenvalue weighted by atomic mass is 10.2. The second kappa shape index (κ2) is 4.93. The minimum Gasteiger partial charge on any atom is -0.269 e. The lowest BCUT2D eigenvalue weighted by Crippen LogP contribution is -2.06. The van der Waals surface area contributed by atoms with Crippen LogP contribution in [0.25, 0.3) is 5.69 Å². The first kappa shape index (κ1) is 12.8. The number of nitrogens with zero attached hydrogens (tertiary/aromatic N) is 2. The number of hydrogen-bond acceptors (Lipinski definition) is 2. The highest BCUT2D eigenvalue weighted by atomic mass is 32.1. The smallest absolute Gasteiger partial charge is 0.199 e. The quantitative estimate of drug-likeness (QED) is 0.687. The fraction of sp³-hybridized carbons (Fsp3) is 0.273. The van der Waals surface area contributed by atoms with Gasteiger partial charge in [0.1, 0.15) is 11.6 Å². The van der Waals surface area contributed by atoms with Crippen LogP contribution in [0.1, 0.15) is 19.2 Å². The number of rotatable bonds is 3. The molecule has 1 N–H and O–H groups in total. The van der Waals surface area contributed by atoms with E-state index in [9.17, 15) is 13.2 Å². The number of benzene rings is 1. The first-order chi connectivity index (χ1) is 8.54. The molecule has 96 valence electrons. The lowest BCUT2D eigenvalue weighted by Gasteiger charge is -2.08. The summed E-state index contributed by atoms with van der Waals surface area (Å²) in [6.07, 6.45) is 1.27. The van der Waals surface area contributed by atoms with E-state index < -0.39 is 17.5 Å². The van der Waals surface area contributed by atoms with Crippen molar-refractivity contribution < 1.29 is 13.2 Å². The minimum atomic E-state index is -1.25. The summed E-state index contributed by atoms with van der Waals surface area (Å²) >= 11 is 4.95. The van der Waals surface area contributed by atoms with Crippen molar-refractivity contribution in [2.45, 2.75) is 19.8 Å². The van der Waals surface area contributed by atoms with E-state index >= 15 is 0 Å². The van der Waals surface area contributed by atoms with E-state index in [0.29, 0.717) is 18.3 Å². The van der Waals surface area contributed by atoms with Gasteiger partial charge in [-0.25, -0.2) is 13.2 Å². The fourth-order valence-electron chi connectivity index (χ4n) is 1.67. The number of hydrogen-bond donors (Lipinski definition) is 1. The third kappa shape index (κ3) is 2.17. The zero-order valence-corrected chi connectivity index (χ0v) is 10.3. The molecular formula is C11H10F3N3S. The summed E-state index contributed by atoms with van der Waals surface area (Å²) in [6.45, 7) is 1.91. The molecule has 0 amide bonds. The molecule has 7 heteroatoms. The van der Waals surface area contributed by atoms with Gasteiger partial charge in [0.15, 0.2) is 16.4 Å². The Kier molecular flexibility index (Phi) is 3.51. The lowest BCUT2D eigenvalue weighted by molar-refractivity contribution is 0.489. The molecule has 3 nitrogen and oxygen atoms in total. The number of halogens is 3. The maximum atomic E-state index is 13.7. The molecule has 0 aliphatic heterocycles. The first-order valence-electron chi connectivity index (χ1n) is 5.35. The van der Waals surface area contributed by atoms with Crippen LogP contribution in [0.2, 0.25) is 0 Å². The van der Waals surface area contributed by atoms with E-state index in [0.717, 1.165) is 12.5 Å². The SMILES string of the molecule is CCCc1n[nH]c(=S)n1-c1cc(F)cc(F)c1F. The highest BCUT2D eigenvalue weighted by molar-refractivity contribution is 7.71. The molecule has 1 heterocycles. The first-order valence-corrected chi connectivity index (χ1v) is 5.76. The molecule has 0 saturated heterocycles. The Morgan fingerprint density at radius 1 is 1.33 bits per heavy atom. The van der Waals surface area contributed by atoms with E-state index in [1.54, 1.807) is 0 Å². The Morgan fingerprint density at radius 3 is 2.72 bits per heavy atom. The van der Waals surface area contributed by atoms with Crippen molar-refractivity contribution in [3.63, 3.8) is 0 Å². The number of aryl methyl sites for hydroxylation is 1. The molecular weight excluding hydrogens is 263 g/mol. The Labute approximate surface area is 106 Å². The summed E-state index contributed by atoms with van der Waals surface area (Å²) in [5, 5.41) is 6.41. The maximum Gasteiger partial charge on any atom is 0.199 e. The third-order valence-corrected chi connectivity index (χ3v) is 2.70. The molecule has 0 radical (unpaired) electrons. The van der Waals surface area contributed by atoms with E-state index in [4.69, 9.17) is 12.2 Å². The van der Waals surface area contributed by atoms with Gasteiger partial charge in [-0.3, -0.25) is 9.67 Å². The van der Waals surface area contributed by atoms with Gasteiger partial charge in [-0.2, -0.15) is 5.10 Å². The maximum absolute atomic E-state index is 13.7. The van der Waals surface area contributed by atoms with Crippen LogP contribution < -0.4 is 0 Å². The van der Waals surface area contributed by atoms with Crippen molar-refractivity contribution in [3.05, 3.63) is 40.2 Å². The molecule has 0 atom stereocenters. The molecule has 2 rings (SSSR count). The monoisotopic (exact) mass is 273 g/mol. The number of nitrogens with one attached hydrogen (secondary N) is 1. The van der Waals surface area contributed by atoms with Crippen molar-refractivity contribution in [2.24, 2.45) is 0 Å². The molecule has 0 aliphatic carbocycles. The van der Waals surface area contributed by atoms with Crippen LogP contribution in [-0.2, 0) is 6.42 Å². The Balaban J connectivity index is 2.69. The van der Waals surface area contributed by atoms with Crippen molar-refractivity contribution in [1.82, 2.24) is 14.8 Å². The van der Waals surface area contributed by atoms with Crippen LogP contribution in [-0.4, -0.2) is 14.8 Å². The Hall–Kier alpha value is -1.63. The van der Waals surface area contributed by atoms with E-state index in [1.165, 1.54) is 4.57 Å². The van der Waals surface area contributed by atoms with Crippen molar-refractivity contribution in [3.8, 4) is 5.69 Å². The van der Waals surface area contributed by atoms with Crippen LogP contribution in [0.4, 0.5) is 13.2 Å². The van der Waals surface area contributed by atoms with Gasteiger partial charge in [-0.05, 0) is 18.6 Å². The number of aromatic nitrogens is 3. The van der Waals surface area contributed by atoms with Gasteiger partial charge in [0.2, 0.25) is 0 Å². The normalized spacial score (nSPS) is 10.9. The van der Waals surface area contributed by atoms with Crippen LogP contribution in [0, 0.1) is 22.2 Å². The molecule has 0 saturated carbocycles.